The van der Waals surface area contributed by atoms with Crippen molar-refractivity contribution in [2.24, 2.45) is 0 Å². The van der Waals surface area contributed by atoms with Gasteiger partial charge in [-0.05, 0) is 19.8 Å². The van der Waals surface area contributed by atoms with Gasteiger partial charge >= 0.3 is 0 Å². The quantitative estimate of drug-likeness (QED) is 0.745. The summed E-state index contributed by atoms with van der Waals surface area (Å²) in [4.78, 5) is 8.83. The molecule has 0 amide bonds. The lowest BCUT2D eigenvalue weighted by molar-refractivity contribution is 0.128. The zero-order chi connectivity index (χ0) is 13.4. The summed E-state index contributed by atoms with van der Waals surface area (Å²) < 4.78 is 5.35. The molecular formula is C13H24N4O. The number of rotatable bonds is 8. The third-order valence-electron chi connectivity index (χ3n) is 2.80. The fourth-order valence-electron chi connectivity index (χ4n) is 1.66. The summed E-state index contributed by atoms with van der Waals surface area (Å²) in [5.41, 5.74) is 0. The van der Waals surface area contributed by atoms with Crippen LogP contribution in [0, 0.1) is 0 Å². The first-order chi connectivity index (χ1) is 8.73. The molecule has 0 saturated carbocycles. The fourth-order valence-corrected chi connectivity index (χ4v) is 1.66. The van der Waals surface area contributed by atoms with Gasteiger partial charge in [0.05, 0.1) is 0 Å². The second kappa shape index (κ2) is 7.87. The van der Waals surface area contributed by atoms with Gasteiger partial charge in [0.15, 0.2) is 5.82 Å². The zero-order valence-corrected chi connectivity index (χ0v) is 11.8. The molecule has 5 nitrogen and oxygen atoms in total. The van der Waals surface area contributed by atoms with Gasteiger partial charge in [-0.1, -0.05) is 13.8 Å². The number of hydrogen-bond acceptors (Lipinski definition) is 5. The molecule has 0 unspecified atom stereocenters. The van der Waals surface area contributed by atoms with E-state index in [4.69, 9.17) is 4.74 Å². The third-order valence-corrected chi connectivity index (χ3v) is 2.80. The van der Waals surface area contributed by atoms with E-state index in [0.717, 1.165) is 24.5 Å². The van der Waals surface area contributed by atoms with Crippen molar-refractivity contribution in [2.75, 3.05) is 24.3 Å². The molecule has 0 aliphatic carbocycles. The second-order valence-corrected chi connectivity index (χ2v) is 4.10. The highest BCUT2D eigenvalue weighted by molar-refractivity contribution is 5.47. The van der Waals surface area contributed by atoms with Crippen molar-refractivity contribution in [2.45, 2.75) is 46.3 Å². The molecule has 0 fully saturated rings. The van der Waals surface area contributed by atoms with Crippen molar-refractivity contribution in [3.63, 3.8) is 0 Å². The van der Waals surface area contributed by atoms with E-state index in [-0.39, 0.29) is 0 Å². The Hall–Kier alpha value is -1.36. The van der Waals surface area contributed by atoms with Crippen LogP contribution < -0.4 is 10.6 Å². The molecule has 0 bridgehead atoms. The normalized spacial score (nSPS) is 10.7. The smallest absolute Gasteiger partial charge is 0.158 e. The second-order valence-electron chi connectivity index (χ2n) is 4.10. The Labute approximate surface area is 109 Å². The van der Waals surface area contributed by atoms with Gasteiger partial charge in [-0.3, -0.25) is 0 Å². The van der Waals surface area contributed by atoms with Crippen LogP contribution in [0.3, 0.4) is 0 Å². The van der Waals surface area contributed by atoms with E-state index < -0.39 is 0 Å². The summed E-state index contributed by atoms with van der Waals surface area (Å²) >= 11 is 0. The average Bonchev–Trinajstić information content (AvgIpc) is 2.42. The molecule has 1 rings (SSSR count). The van der Waals surface area contributed by atoms with Gasteiger partial charge in [0.2, 0.25) is 0 Å². The van der Waals surface area contributed by atoms with Crippen LogP contribution in [-0.4, -0.2) is 29.7 Å². The van der Waals surface area contributed by atoms with Crippen LogP contribution >= 0.6 is 0 Å². The Bertz CT molecular complexity index is 353. The molecule has 1 heterocycles. The predicted molar refractivity (Wildman–Crippen MR) is 74.9 cm³/mol. The van der Waals surface area contributed by atoms with Gasteiger partial charge < -0.3 is 15.4 Å². The number of aromatic nitrogens is 2. The van der Waals surface area contributed by atoms with E-state index in [9.17, 15) is 0 Å². The van der Waals surface area contributed by atoms with Crippen molar-refractivity contribution < 1.29 is 4.74 Å². The van der Waals surface area contributed by atoms with Gasteiger partial charge in [0.25, 0.3) is 0 Å². The average molecular weight is 252 g/mol. The van der Waals surface area contributed by atoms with Crippen LogP contribution in [0.1, 0.15) is 39.4 Å². The van der Waals surface area contributed by atoms with Crippen molar-refractivity contribution in [1.29, 1.82) is 0 Å². The molecule has 0 aliphatic rings. The largest absolute Gasteiger partial charge is 0.374 e. The third kappa shape index (κ3) is 4.49. The number of ether oxygens (including phenoxy) is 1. The molecule has 18 heavy (non-hydrogen) atoms. The first-order valence-electron chi connectivity index (χ1n) is 6.63. The van der Waals surface area contributed by atoms with Gasteiger partial charge in [-0.2, -0.15) is 0 Å². The monoisotopic (exact) mass is 252 g/mol. The Kier molecular flexibility index (Phi) is 6.43. The molecule has 2 N–H and O–H groups in total. The van der Waals surface area contributed by atoms with Crippen LogP contribution in [0.25, 0.3) is 0 Å². The highest BCUT2D eigenvalue weighted by atomic mass is 16.5. The molecule has 0 radical (unpaired) electrons. The van der Waals surface area contributed by atoms with E-state index >= 15 is 0 Å². The van der Waals surface area contributed by atoms with E-state index in [2.05, 4.69) is 34.4 Å². The Morgan fingerprint density at radius 2 is 1.83 bits per heavy atom. The van der Waals surface area contributed by atoms with Crippen LogP contribution in [0.4, 0.5) is 11.6 Å². The van der Waals surface area contributed by atoms with Crippen LogP contribution in [0.5, 0.6) is 0 Å². The summed E-state index contributed by atoms with van der Waals surface area (Å²) in [6, 6.07) is 2.37. The van der Waals surface area contributed by atoms with Crippen LogP contribution in [0.2, 0.25) is 0 Å². The summed E-state index contributed by atoms with van der Waals surface area (Å²) in [5.74, 6) is 2.38. The van der Waals surface area contributed by atoms with Crippen molar-refractivity contribution in [3.8, 4) is 0 Å². The summed E-state index contributed by atoms with van der Waals surface area (Å²) in [6.45, 7) is 7.42. The lowest BCUT2D eigenvalue weighted by atomic mass is 10.2. The van der Waals surface area contributed by atoms with Crippen molar-refractivity contribution in [1.82, 2.24) is 9.97 Å². The van der Waals surface area contributed by atoms with Gasteiger partial charge in [-0.25, -0.2) is 9.97 Å². The minimum absolute atomic E-state index is 0.448. The lowest BCUT2D eigenvalue weighted by Gasteiger charge is -2.16. The summed E-state index contributed by atoms with van der Waals surface area (Å²) in [6.07, 6.45) is 2.16. The lowest BCUT2D eigenvalue weighted by Crippen LogP contribution is -2.19. The molecule has 0 atom stereocenters. The highest BCUT2D eigenvalue weighted by Gasteiger charge is 2.07. The fraction of sp³-hybridized carbons (Fsp3) is 0.692. The molecule has 0 spiro atoms. The van der Waals surface area contributed by atoms with E-state index in [1.165, 1.54) is 0 Å². The molecule has 5 heteroatoms. The van der Waals surface area contributed by atoms with Crippen LogP contribution in [-0.2, 0) is 11.3 Å². The predicted octanol–water partition coefficient (Wildman–Crippen LogP) is 2.66. The van der Waals surface area contributed by atoms with E-state index in [1.54, 1.807) is 0 Å². The maximum absolute atomic E-state index is 5.35. The Balaban J connectivity index is 2.82. The zero-order valence-electron chi connectivity index (χ0n) is 11.8. The topological polar surface area (TPSA) is 59.1 Å². The van der Waals surface area contributed by atoms with Crippen LogP contribution in [0.15, 0.2) is 6.07 Å². The van der Waals surface area contributed by atoms with Gasteiger partial charge in [-0.15, -0.1) is 0 Å². The number of anilines is 2. The summed E-state index contributed by atoms with van der Waals surface area (Å²) in [5, 5.41) is 6.47. The SMILES string of the molecule is CCOCc1nc(NC)cc(NC(CC)CC)n1. The first kappa shape index (κ1) is 14.7. The maximum Gasteiger partial charge on any atom is 0.158 e. The number of nitrogens with one attached hydrogen (secondary N) is 2. The summed E-state index contributed by atoms with van der Waals surface area (Å²) in [7, 11) is 1.85. The number of hydrogen-bond donors (Lipinski definition) is 2. The maximum atomic E-state index is 5.35. The van der Waals surface area contributed by atoms with Gasteiger partial charge in [0.1, 0.15) is 18.2 Å². The molecule has 1 aromatic heterocycles. The Morgan fingerprint density at radius 1 is 1.17 bits per heavy atom. The molecule has 0 aromatic carbocycles. The molecule has 0 aliphatic heterocycles. The molecule has 102 valence electrons. The standard InChI is InChI=1S/C13H24N4O/c1-5-10(6-2)15-12-8-11(14-4)16-13(17-12)9-18-7-3/h8,10H,5-7,9H2,1-4H3,(H2,14,15,16,17). The molecule has 0 saturated heterocycles. The van der Waals surface area contributed by atoms with Crippen molar-refractivity contribution >= 4 is 11.6 Å². The minimum atomic E-state index is 0.448. The Morgan fingerprint density at radius 3 is 2.39 bits per heavy atom. The number of nitrogens with zero attached hydrogens (tertiary/aromatic N) is 2. The van der Waals surface area contributed by atoms with E-state index in [1.807, 2.05) is 20.0 Å². The highest BCUT2D eigenvalue weighted by Crippen LogP contribution is 2.14. The minimum Gasteiger partial charge on any atom is -0.374 e. The van der Waals surface area contributed by atoms with Crippen molar-refractivity contribution in [3.05, 3.63) is 11.9 Å². The molecule has 1 aromatic rings. The molecular weight excluding hydrogens is 228 g/mol. The van der Waals surface area contributed by atoms with Gasteiger partial charge in [0, 0.05) is 25.8 Å². The first-order valence-corrected chi connectivity index (χ1v) is 6.63. The van der Waals surface area contributed by atoms with E-state index in [0.29, 0.717) is 25.1 Å².